The topological polar surface area (TPSA) is 106 Å². The first-order valence-electron chi connectivity index (χ1n) is 7.51. The van der Waals surface area contributed by atoms with Gasteiger partial charge < -0.3 is 25.0 Å². The first-order valence-corrected chi connectivity index (χ1v) is 7.51. The summed E-state index contributed by atoms with van der Waals surface area (Å²) in [5.41, 5.74) is 0. The highest BCUT2D eigenvalue weighted by atomic mass is 16.5. The molecule has 0 aromatic carbocycles. The van der Waals surface area contributed by atoms with Gasteiger partial charge in [-0.15, -0.1) is 6.58 Å². The monoisotopic (exact) mass is 325 g/mol. The summed E-state index contributed by atoms with van der Waals surface area (Å²) in [6.07, 6.45) is 0.287. The number of nitrogens with zero attached hydrogens (tertiary/aromatic N) is 3. The number of carbonyl (C=O) groups excluding carboxylic acids is 2. The Bertz CT molecular complexity index is 509. The van der Waals surface area contributed by atoms with Gasteiger partial charge in [-0.2, -0.15) is 0 Å². The summed E-state index contributed by atoms with van der Waals surface area (Å²) in [7, 11) is 1.60. The van der Waals surface area contributed by atoms with Crippen molar-refractivity contribution in [2.45, 2.75) is 25.2 Å². The standard InChI is InChI=1S/C14H23N5O4/c1-4-6-23-8-9(20)7-19-10-11(16-13(19)15-5-2)18(3)14(22)17-12(10)21/h4,9-11,20H,1,5-8H2,2-3H3,(H,15,16)(H,17,21,22). The van der Waals surface area contributed by atoms with Crippen LogP contribution in [0.25, 0.3) is 0 Å². The third-order valence-electron chi connectivity index (χ3n) is 3.68. The summed E-state index contributed by atoms with van der Waals surface area (Å²) in [6, 6.07) is -1.10. The number of rotatable bonds is 7. The molecule has 0 aliphatic carbocycles. The summed E-state index contributed by atoms with van der Waals surface area (Å²) < 4.78 is 5.23. The normalized spacial score (nSPS) is 26.8. The number of β-amino-alcohol motifs (C(OH)–C–C–N with tert-alkyl or cyclic N) is 1. The van der Waals surface area contributed by atoms with Crippen molar-refractivity contribution in [1.82, 2.24) is 20.4 Å². The van der Waals surface area contributed by atoms with Gasteiger partial charge in [0.1, 0.15) is 6.17 Å². The van der Waals surface area contributed by atoms with E-state index >= 15 is 0 Å². The van der Waals surface area contributed by atoms with Gasteiger partial charge in [0.25, 0.3) is 5.91 Å². The van der Waals surface area contributed by atoms with Gasteiger partial charge in [0.2, 0.25) is 0 Å². The smallest absolute Gasteiger partial charge is 0.325 e. The number of guanidine groups is 1. The van der Waals surface area contributed by atoms with Crippen LogP contribution < -0.4 is 10.6 Å². The number of imide groups is 1. The van der Waals surface area contributed by atoms with Crippen molar-refractivity contribution >= 4 is 17.9 Å². The van der Waals surface area contributed by atoms with Gasteiger partial charge in [-0.3, -0.25) is 15.1 Å². The molecule has 0 radical (unpaired) electrons. The van der Waals surface area contributed by atoms with E-state index in [0.29, 0.717) is 19.1 Å². The van der Waals surface area contributed by atoms with Gasteiger partial charge in [-0.25, -0.2) is 4.79 Å². The van der Waals surface area contributed by atoms with E-state index in [2.05, 4.69) is 22.2 Å². The lowest BCUT2D eigenvalue weighted by Gasteiger charge is -2.35. The van der Waals surface area contributed by atoms with Crippen LogP contribution in [0.5, 0.6) is 0 Å². The van der Waals surface area contributed by atoms with E-state index in [1.807, 2.05) is 6.92 Å². The Morgan fingerprint density at radius 1 is 1.52 bits per heavy atom. The van der Waals surface area contributed by atoms with Crippen LogP contribution in [0.1, 0.15) is 6.92 Å². The van der Waals surface area contributed by atoms with Gasteiger partial charge in [0, 0.05) is 20.1 Å². The highest BCUT2D eigenvalue weighted by Gasteiger charge is 2.49. The summed E-state index contributed by atoms with van der Waals surface area (Å²) in [5, 5.41) is 15.5. The molecular formula is C14H23N5O4. The minimum absolute atomic E-state index is 0.121. The Morgan fingerprint density at radius 2 is 2.26 bits per heavy atom. The number of fused-ring (bicyclic) bond motifs is 1. The number of hydrogen-bond donors (Lipinski definition) is 3. The number of urea groups is 1. The second-order valence-corrected chi connectivity index (χ2v) is 5.37. The molecule has 0 bridgehead atoms. The highest BCUT2D eigenvalue weighted by Crippen LogP contribution is 2.20. The molecule has 2 rings (SSSR count). The first kappa shape index (κ1) is 17.2. The summed E-state index contributed by atoms with van der Waals surface area (Å²) in [4.78, 5) is 31.4. The lowest BCUT2D eigenvalue weighted by Crippen LogP contribution is -2.65. The predicted octanol–water partition coefficient (Wildman–Crippen LogP) is -1.29. The lowest BCUT2D eigenvalue weighted by molar-refractivity contribution is -0.127. The third-order valence-corrected chi connectivity index (χ3v) is 3.68. The van der Waals surface area contributed by atoms with Crippen molar-refractivity contribution in [2.75, 3.05) is 33.4 Å². The van der Waals surface area contributed by atoms with Gasteiger partial charge in [-0.05, 0) is 6.92 Å². The van der Waals surface area contributed by atoms with E-state index in [1.165, 1.54) is 4.90 Å². The molecule has 0 spiro atoms. The van der Waals surface area contributed by atoms with E-state index in [4.69, 9.17) is 4.74 Å². The number of amides is 3. The summed E-state index contributed by atoms with van der Waals surface area (Å²) >= 11 is 0. The Kier molecular flexibility index (Phi) is 5.56. The van der Waals surface area contributed by atoms with Crippen LogP contribution in [0.3, 0.4) is 0 Å². The molecule has 2 fully saturated rings. The Hall–Kier alpha value is -2.13. The van der Waals surface area contributed by atoms with Crippen molar-refractivity contribution < 1.29 is 19.4 Å². The third kappa shape index (κ3) is 3.62. The van der Waals surface area contributed by atoms with E-state index in [-0.39, 0.29) is 13.2 Å². The van der Waals surface area contributed by atoms with Crippen LogP contribution in [0.15, 0.2) is 17.6 Å². The SMILES string of the molecule is C=CCOCC(O)CN1C(=NCC)NC2C1C(=O)NC(=O)N2C. The van der Waals surface area contributed by atoms with Crippen LogP contribution in [0.4, 0.5) is 4.79 Å². The number of ether oxygens (including phenoxy) is 1. The molecule has 23 heavy (non-hydrogen) atoms. The molecule has 2 aliphatic heterocycles. The van der Waals surface area contributed by atoms with Crippen molar-refractivity contribution in [1.29, 1.82) is 0 Å². The Labute approximate surface area is 135 Å². The average molecular weight is 325 g/mol. The molecule has 2 heterocycles. The van der Waals surface area contributed by atoms with E-state index in [1.54, 1.807) is 18.0 Å². The predicted molar refractivity (Wildman–Crippen MR) is 83.7 cm³/mol. The second-order valence-electron chi connectivity index (χ2n) is 5.37. The molecule has 3 unspecified atom stereocenters. The zero-order chi connectivity index (χ0) is 17.0. The molecule has 128 valence electrons. The number of carbonyl (C=O) groups is 2. The van der Waals surface area contributed by atoms with Crippen molar-refractivity contribution in [3.8, 4) is 0 Å². The maximum absolute atomic E-state index is 12.2. The summed E-state index contributed by atoms with van der Waals surface area (Å²) in [5.74, 6) is 0.0769. The Morgan fingerprint density at radius 3 is 2.91 bits per heavy atom. The van der Waals surface area contributed by atoms with Crippen molar-refractivity contribution in [3.05, 3.63) is 12.7 Å². The first-order chi connectivity index (χ1) is 11.0. The highest BCUT2D eigenvalue weighted by molar-refractivity contribution is 6.04. The summed E-state index contributed by atoms with van der Waals surface area (Å²) in [6.45, 7) is 6.55. The largest absolute Gasteiger partial charge is 0.389 e. The van der Waals surface area contributed by atoms with Crippen LogP contribution in [-0.4, -0.2) is 84.5 Å². The molecule has 3 atom stereocenters. The van der Waals surface area contributed by atoms with Crippen molar-refractivity contribution in [3.63, 3.8) is 0 Å². The zero-order valence-corrected chi connectivity index (χ0v) is 13.4. The van der Waals surface area contributed by atoms with Crippen molar-refractivity contribution in [2.24, 2.45) is 4.99 Å². The molecule has 2 saturated heterocycles. The number of hydrogen-bond acceptors (Lipinski definition) is 5. The van der Waals surface area contributed by atoms with Gasteiger partial charge in [0.15, 0.2) is 12.0 Å². The molecule has 0 aromatic heterocycles. The fraction of sp³-hybridized carbons (Fsp3) is 0.643. The maximum Gasteiger partial charge on any atom is 0.325 e. The number of aliphatic hydroxyl groups excluding tert-OH is 1. The van der Waals surface area contributed by atoms with Crippen LogP contribution in [0.2, 0.25) is 0 Å². The van der Waals surface area contributed by atoms with Crippen LogP contribution in [0, 0.1) is 0 Å². The van der Waals surface area contributed by atoms with Gasteiger partial charge >= 0.3 is 6.03 Å². The minimum Gasteiger partial charge on any atom is -0.389 e. The lowest BCUT2D eigenvalue weighted by atomic mass is 10.1. The molecule has 0 saturated carbocycles. The molecule has 3 amide bonds. The molecule has 0 aromatic rings. The van der Waals surface area contributed by atoms with E-state index < -0.39 is 30.2 Å². The zero-order valence-electron chi connectivity index (χ0n) is 13.4. The minimum atomic E-state index is -0.798. The number of likely N-dealkylation sites (N-methyl/N-ethyl adjacent to an activating group) is 1. The second kappa shape index (κ2) is 7.42. The van der Waals surface area contributed by atoms with Gasteiger partial charge in [0.05, 0.1) is 19.3 Å². The number of nitrogens with one attached hydrogen (secondary N) is 2. The molecule has 9 nitrogen and oxygen atoms in total. The molecule has 2 aliphatic rings. The maximum atomic E-state index is 12.2. The average Bonchev–Trinajstić information content (AvgIpc) is 2.85. The number of aliphatic imine (C=N–C) groups is 1. The molecule has 3 N–H and O–H groups in total. The van der Waals surface area contributed by atoms with E-state index in [9.17, 15) is 14.7 Å². The number of aliphatic hydroxyl groups is 1. The fourth-order valence-corrected chi connectivity index (χ4v) is 2.64. The van der Waals surface area contributed by atoms with Crippen LogP contribution >= 0.6 is 0 Å². The van der Waals surface area contributed by atoms with Crippen LogP contribution in [-0.2, 0) is 9.53 Å². The Balaban J connectivity index is 2.14. The quantitative estimate of drug-likeness (QED) is 0.397. The molecular weight excluding hydrogens is 302 g/mol. The fourth-order valence-electron chi connectivity index (χ4n) is 2.64. The molecule has 9 heteroatoms. The van der Waals surface area contributed by atoms with E-state index in [0.717, 1.165) is 0 Å². The van der Waals surface area contributed by atoms with Gasteiger partial charge in [-0.1, -0.05) is 6.08 Å².